The number of rotatable bonds is 5. The third-order valence-electron chi connectivity index (χ3n) is 6.02. The van der Waals surface area contributed by atoms with E-state index in [1.807, 2.05) is 32.7 Å². The number of nitrogens with one attached hydrogen (secondary N) is 2. The standard InChI is InChI=1S/C22H27F3N6O2/c1-11(2)18-20(32)29-17-12(3)27-21(30-19(17)31(18)4)28-13-5-6-14(9-13)33-15-7-8-16(26-10-15)22(23,24)25/h7-8,10-11,13-14,18H,5-6,9H2,1-4H3,(H,29,32)(H,27,28,30)/t13-,14-,18?/m1/s1. The molecule has 4 rings (SSSR count). The molecule has 1 amide bonds. The Morgan fingerprint density at radius 3 is 2.64 bits per heavy atom. The largest absolute Gasteiger partial charge is 0.489 e. The molecule has 0 bridgehead atoms. The zero-order valence-corrected chi connectivity index (χ0v) is 18.9. The molecule has 1 aliphatic heterocycles. The van der Waals surface area contributed by atoms with E-state index in [-0.39, 0.29) is 30.0 Å². The number of pyridine rings is 1. The zero-order valence-electron chi connectivity index (χ0n) is 18.9. The average molecular weight is 464 g/mol. The lowest BCUT2D eigenvalue weighted by molar-refractivity contribution is -0.141. The van der Waals surface area contributed by atoms with E-state index < -0.39 is 11.9 Å². The fraction of sp³-hybridized carbons (Fsp3) is 0.545. The SMILES string of the molecule is Cc1nc(N[C@@H]2CC[C@@H](Oc3ccc(C(F)(F)F)nc3)C2)nc2c1NC(=O)C(C(C)C)N2C. The number of ether oxygens (including phenoxy) is 1. The third-order valence-corrected chi connectivity index (χ3v) is 6.02. The Morgan fingerprint density at radius 1 is 1.24 bits per heavy atom. The van der Waals surface area contributed by atoms with Gasteiger partial charge in [-0.1, -0.05) is 13.8 Å². The van der Waals surface area contributed by atoms with Gasteiger partial charge in [-0.05, 0) is 37.8 Å². The minimum atomic E-state index is -4.47. The van der Waals surface area contributed by atoms with Gasteiger partial charge in [0, 0.05) is 19.5 Å². The number of alkyl halides is 3. The summed E-state index contributed by atoms with van der Waals surface area (Å²) in [7, 11) is 1.86. The van der Waals surface area contributed by atoms with Crippen molar-refractivity contribution in [3.8, 4) is 5.75 Å². The molecule has 0 spiro atoms. The number of hydrogen-bond acceptors (Lipinski definition) is 7. The monoisotopic (exact) mass is 464 g/mol. The second-order valence-electron chi connectivity index (χ2n) is 8.89. The lowest BCUT2D eigenvalue weighted by Gasteiger charge is -2.37. The first kappa shape index (κ1) is 23.1. The molecule has 0 saturated heterocycles. The predicted molar refractivity (Wildman–Crippen MR) is 117 cm³/mol. The van der Waals surface area contributed by atoms with Gasteiger partial charge in [-0.15, -0.1) is 0 Å². The summed E-state index contributed by atoms with van der Waals surface area (Å²) in [4.78, 5) is 27.0. The molecule has 0 aromatic carbocycles. The van der Waals surface area contributed by atoms with E-state index in [0.29, 0.717) is 35.3 Å². The molecular formula is C22H27F3N6O2. The van der Waals surface area contributed by atoms with E-state index in [9.17, 15) is 18.0 Å². The quantitative estimate of drug-likeness (QED) is 0.690. The Bertz CT molecular complexity index is 1030. The van der Waals surface area contributed by atoms with E-state index in [1.54, 1.807) is 0 Å². The first-order chi connectivity index (χ1) is 15.5. The number of nitrogens with zero attached hydrogens (tertiary/aromatic N) is 4. The Kier molecular flexibility index (Phi) is 6.06. The van der Waals surface area contributed by atoms with Gasteiger partial charge in [0.05, 0.1) is 11.9 Å². The lowest BCUT2D eigenvalue weighted by Crippen LogP contribution is -2.49. The molecule has 3 heterocycles. The van der Waals surface area contributed by atoms with Crippen molar-refractivity contribution in [2.75, 3.05) is 22.6 Å². The highest BCUT2D eigenvalue weighted by Gasteiger charge is 2.36. The van der Waals surface area contributed by atoms with Crippen LogP contribution in [-0.2, 0) is 11.0 Å². The third kappa shape index (κ3) is 4.81. The summed E-state index contributed by atoms with van der Waals surface area (Å²) in [6, 6.07) is 1.95. The molecule has 8 nitrogen and oxygen atoms in total. The molecule has 11 heteroatoms. The van der Waals surface area contributed by atoms with E-state index in [0.717, 1.165) is 25.1 Å². The molecule has 2 aromatic rings. The zero-order chi connectivity index (χ0) is 23.9. The van der Waals surface area contributed by atoms with Crippen LogP contribution in [0, 0.1) is 12.8 Å². The van der Waals surface area contributed by atoms with Crippen LogP contribution in [0.5, 0.6) is 5.75 Å². The van der Waals surface area contributed by atoms with Gasteiger partial charge in [0.25, 0.3) is 0 Å². The van der Waals surface area contributed by atoms with E-state index in [4.69, 9.17) is 4.74 Å². The summed E-state index contributed by atoms with van der Waals surface area (Å²) in [5.74, 6) is 1.50. The Morgan fingerprint density at radius 2 is 2.00 bits per heavy atom. The summed E-state index contributed by atoms with van der Waals surface area (Å²) in [6.45, 7) is 5.81. The summed E-state index contributed by atoms with van der Waals surface area (Å²) in [6.07, 6.45) is -1.31. The fourth-order valence-electron chi connectivity index (χ4n) is 4.45. The van der Waals surface area contributed by atoms with Crippen LogP contribution in [0.25, 0.3) is 0 Å². The normalized spacial score (nSPS) is 22.8. The van der Waals surface area contributed by atoms with Crippen LogP contribution in [0.3, 0.4) is 0 Å². The van der Waals surface area contributed by atoms with E-state index in [1.165, 1.54) is 6.07 Å². The number of carbonyl (C=O) groups excluding carboxylic acids is 1. The molecule has 178 valence electrons. The second-order valence-corrected chi connectivity index (χ2v) is 8.89. The van der Waals surface area contributed by atoms with Crippen molar-refractivity contribution in [3.05, 3.63) is 29.7 Å². The van der Waals surface area contributed by atoms with E-state index >= 15 is 0 Å². The number of likely N-dealkylation sites (N-methyl/N-ethyl adjacent to an activating group) is 1. The van der Waals surface area contributed by atoms with Crippen molar-refractivity contribution in [1.29, 1.82) is 0 Å². The molecule has 33 heavy (non-hydrogen) atoms. The molecule has 1 fully saturated rings. The molecule has 2 N–H and O–H groups in total. The minimum absolute atomic E-state index is 0.0549. The molecule has 3 atom stereocenters. The number of hydrogen-bond donors (Lipinski definition) is 2. The predicted octanol–water partition coefficient (Wildman–Crippen LogP) is 4.02. The number of aromatic nitrogens is 3. The Balaban J connectivity index is 1.41. The number of aryl methyl sites for hydroxylation is 1. The summed E-state index contributed by atoms with van der Waals surface area (Å²) < 4.78 is 43.8. The van der Waals surface area contributed by atoms with Crippen molar-refractivity contribution < 1.29 is 22.7 Å². The van der Waals surface area contributed by atoms with Gasteiger partial charge in [0.1, 0.15) is 29.3 Å². The van der Waals surface area contributed by atoms with Gasteiger partial charge < -0.3 is 20.3 Å². The minimum Gasteiger partial charge on any atom is -0.489 e. The molecule has 1 saturated carbocycles. The van der Waals surface area contributed by atoms with Gasteiger partial charge in [0.2, 0.25) is 11.9 Å². The van der Waals surface area contributed by atoms with Crippen LogP contribution in [0.2, 0.25) is 0 Å². The van der Waals surface area contributed by atoms with Crippen LogP contribution in [-0.4, -0.2) is 46.1 Å². The van der Waals surface area contributed by atoms with Crippen LogP contribution in [0.1, 0.15) is 44.5 Å². The number of anilines is 3. The molecular weight excluding hydrogens is 437 g/mol. The van der Waals surface area contributed by atoms with Crippen LogP contribution < -0.4 is 20.3 Å². The van der Waals surface area contributed by atoms with Gasteiger partial charge in [0.15, 0.2) is 5.82 Å². The highest BCUT2D eigenvalue weighted by molar-refractivity contribution is 6.03. The smallest absolute Gasteiger partial charge is 0.433 e. The van der Waals surface area contributed by atoms with E-state index in [2.05, 4.69) is 25.6 Å². The molecule has 1 aliphatic carbocycles. The highest BCUT2D eigenvalue weighted by Crippen LogP contribution is 2.35. The van der Waals surface area contributed by atoms with Crippen LogP contribution in [0.15, 0.2) is 18.3 Å². The van der Waals surface area contributed by atoms with Crippen molar-refractivity contribution in [2.24, 2.45) is 5.92 Å². The second kappa shape index (κ2) is 8.68. The van der Waals surface area contributed by atoms with Crippen LogP contribution in [0.4, 0.5) is 30.6 Å². The lowest BCUT2D eigenvalue weighted by atomic mass is 9.99. The number of halogens is 3. The van der Waals surface area contributed by atoms with Crippen molar-refractivity contribution in [1.82, 2.24) is 15.0 Å². The summed E-state index contributed by atoms with van der Waals surface area (Å²) >= 11 is 0. The van der Waals surface area contributed by atoms with Crippen LogP contribution >= 0.6 is 0 Å². The van der Waals surface area contributed by atoms with Crippen molar-refractivity contribution >= 4 is 23.4 Å². The number of carbonyl (C=O) groups is 1. The maximum absolute atomic E-state index is 12.7. The molecule has 2 aromatic heterocycles. The highest BCUT2D eigenvalue weighted by atomic mass is 19.4. The summed E-state index contributed by atoms with van der Waals surface area (Å²) in [5, 5.41) is 6.28. The molecule has 1 unspecified atom stereocenters. The van der Waals surface area contributed by atoms with Crippen molar-refractivity contribution in [2.45, 2.75) is 64.4 Å². The van der Waals surface area contributed by atoms with Gasteiger partial charge in [-0.25, -0.2) is 9.97 Å². The van der Waals surface area contributed by atoms with Gasteiger partial charge in [-0.3, -0.25) is 4.79 Å². The first-order valence-corrected chi connectivity index (χ1v) is 10.9. The fourth-order valence-corrected chi connectivity index (χ4v) is 4.45. The Hall–Kier alpha value is -3.11. The average Bonchev–Trinajstić information content (AvgIpc) is 3.15. The Labute approximate surface area is 190 Å². The van der Waals surface area contributed by atoms with Gasteiger partial charge in [-0.2, -0.15) is 18.2 Å². The molecule has 0 radical (unpaired) electrons. The van der Waals surface area contributed by atoms with Crippen molar-refractivity contribution in [3.63, 3.8) is 0 Å². The summed E-state index contributed by atoms with van der Waals surface area (Å²) in [5.41, 5.74) is 0.348. The van der Waals surface area contributed by atoms with Gasteiger partial charge >= 0.3 is 6.18 Å². The number of fused-ring (bicyclic) bond motifs is 1. The maximum Gasteiger partial charge on any atom is 0.433 e. The molecule has 2 aliphatic rings. The maximum atomic E-state index is 12.7. The number of amides is 1. The topological polar surface area (TPSA) is 92.3 Å². The first-order valence-electron chi connectivity index (χ1n) is 10.9.